The van der Waals surface area contributed by atoms with Crippen LogP contribution in [0.15, 0.2) is 53.4 Å². The zero-order valence-electron chi connectivity index (χ0n) is 15.2. The molecule has 2 rings (SSSR count). The Morgan fingerprint density at radius 3 is 2.42 bits per heavy atom. The minimum atomic E-state index is -1.28. The molecule has 5 nitrogen and oxygen atoms in total. The Kier molecular flexibility index (Phi) is 7.09. The van der Waals surface area contributed by atoms with Gasteiger partial charge in [0.05, 0.1) is 21.3 Å². The molecule has 138 valence electrons. The molecule has 0 heterocycles. The number of rotatable bonds is 7. The van der Waals surface area contributed by atoms with Crippen molar-refractivity contribution in [1.82, 2.24) is 5.32 Å². The summed E-state index contributed by atoms with van der Waals surface area (Å²) in [5.74, 6) is -0.634. The van der Waals surface area contributed by atoms with Crippen LogP contribution in [0.4, 0.5) is 0 Å². The second kappa shape index (κ2) is 9.29. The van der Waals surface area contributed by atoms with Crippen LogP contribution in [-0.2, 0) is 26.9 Å². The van der Waals surface area contributed by atoms with E-state index in [1.807, 2.05) is 31.2 Å². The fraction of sp³-hybridized carbons (Fsp3) is 0.300. The van der Waals surface area contributed by atoms with Crippen LogP contribution in [-0.4, -0.2) is 27.9 Å². The minimum Gasteiger partial charge on any atom is -0.449 e. The highest BCUT2D eigenvalue weighted by molar-refractivity contribution is 7.85. The second-order valence-corrected chi connectivity index (χ2v) is 7.59. The van der Waals surface area contributed by atoms with Crippen LogP contribution in [0.25, 0.3) is 0 Å². The van der Waals surface area contributed by atoms with Crippen molar-refractivity contribution in [3.05, 3.63) is 65.2 Å². The molecule has 0 saturated carbocycles. The first-order valence-electron chi connectivity index (χ1n) is 8.44. The van der Waals surface area contributed by atoms with Crippen LogP contribution in [0.1, 0.15) is 35.3 Å². The van der Waals surface area contributed by atoms with Gasteiger partial charge in [0.1, 0.15) is 0 Å². The Hall–Kier alpha value is -2.47. The van der Waals surface area contributed by atoms with Crippen LogP contribution in [0.3, 0.4) is 0 Å². The highest BCUT2D eigenvalue weighted by Crippen LogP contribution is 2.16. The van der Waals surface area contributed by atoms with Gasteiger partial charge in [-0.3, -0.25) is 9.00 Å². The van der Waals surface area contributed by atoms with E-state index in [2.05, 4.69) is 5.32 Å². The van der Waals surface area contributed by atoms with Gasteiger partial charge in [-0.05, 0) is 31.5 Å². The van der Waals surface area contributed by atoms with Gasteiger partial charge in [-0.2, -0.15) is 0 Å². The van der Waals surface area contributed by atoms with Gasteiger partial charge in [-0.15, -0.1) is 0 Å². The van der Waals surface area contributed by atoms with Crippen LogP contribution in [0, 0.1) is 6.92 Å². The van der Waals surface area contributed by atoms with E-state index in [4.69, 9.17) is 4.74 Å². The number of hydrogen-bond donors (Lipinski definition) is 1. The number of nitrogens with one attached hydrogen (secondary N) is 1. The van der Waals surface area contributed by atoms with Crippen molar-refractivity contribution in [2.75, 3.05) is 5.75 Å². The Balaban J connectivity index is 1.97. The summed E-state index contributed by atoms with van der Waals surface area (Å²) in [6, 6.07) is 14.4. The summed E-state index contributed by atoms with van der Waals surface area (Å²) in [7, 11) is -1.28. The van der Waals surface area contributed by atoms with Gasteiger partial charge in [0.25, 0.3) is 5.91 Å². The second-order valence-electron chi connectivity index (χ2n) is 5.88. The van der Waals surface area contributed by atoms with Crippen molar-refractivity contribution in [1.29, 1.82) is 0 Å². The van der Waals surface area contributed by atoms with Crippen molar-refractivity contribution in [2.24, 2.45) is 0 Å². The lowest BCUT2D eigenvalue weighted by molar-refractivity contribution is -0.129. The van der Waals surface area contributed by atoms with Gasteiger partial charge in [-0.25, -0.2) is 4.79 Å². The number of benzene rings is 2. The lowest BCUT2D eigenvalue weighted by atomic mass is 10.1. The number of carbonyl (C=O) groups is 2. The zero-order valence-corrected chi connectivity index (χ0v) is 16.0. The number of aryl methyl sites for hydroxylation is 1. The maximum Gasteiger partial charge on any atom is 0.340 e. The highest BCUT2D eigenvalue weighted by Gasteiger charge is 2.21. The van der Waals surface area contributed by atoms with Gasteiger partial charge >= 0.3 is 5.97 Å². The molecule has 0 fully saturated rings. The van der Waals surface area contributed by atoms with E-state index in [9.17, 15) is 13.8 Å². The van der Waals surface area contributed by atoms with E-state index in [0.29, 0.717) is 17.2 Å². The van der Waals surface area contributed by atoms with Gasteiger partial charge in [-0.1, -0.05) is 48.9 Å². The summed E-state index contributed by atoms with van der Waals surface area (Å²) >= 11 is 0. The molecule has 1 amide bonds. The monoisotopic (exact) mass is 373 g/mol. The predicted octanol–water partition coefficient (Wildman–Crippen LogP) is 2.98. The summed E-state index contributed by atoms with van der Waals surface area (Å²) in [6.45, 7) is 5.64. The van der Waals surface area contributed by atoms with E-state index < -0.39 is 22.9 Å². The lowest BCUT2D eigenvalue weighted by Gasteiger charge is -2.15. The number of esters is 1. The molecule has 0 aliphatic rings. The molecule has 0 spiro atoms. The summed E-state index contributed by atoms with van der Waals surface area (Å²) in [4.78, 5) is 25.0. The van der Waals surface area contributed by atoms with E-state index in [-0.39, 0.29) is 11.5 Å². The van der Waals surface area contributed by atoms with Crippen LogP contribution >= 0.6 is 0 Å². The summed E-state index contributed by atoms with van der Waals surface area (Å²) in [5, 5.41) is 2.75. The molecule has 2 atom stereocenters. The first-order chi connectivity index (χ1) is 12.4. The van der Waals surface area contributed by atoms with Crippen LogP contribution in [0.2, 0.25) is 0 Å². The lowest BCUT2D eigenvalue weighted by Crippen LogP contribution is -2.35. The standard InChI is InChI=1S/C20H23NO4S/c1-4-26(24)18-8-6-5-7-17(18)20(23)25-15(3)19(22)21-13-16-11-9-14(2)10-12-16/h5-12,15H,4,13H2,1-3H3,(H,21,22)/t15-,26-/m1/s1. The molecule has 0 saturated heterocycles. The Morgan fingerprint density at radius 1 is 1.12 bits per heavy atom. The third-order valence-corrected chi connectivity index (χ3v) is 5.23. The molecule has 0 aromatic heterocycles. The van der Waals surface area contributed by atoms with Gasteiger partial charge < -0.3 is 10.1 Å². The molecular weight excluding hydrogens is 350 g/mol. The number of amides is 1. The smallest absolute Gasteiger partial charge is 0.340 e. The fourth-order valence-electron chi connectivity index (χ4n) is 2.31. The topological polar surface area (TPSA) is 72.5 Å². The van der Waals surface area contributed by atoms with Crippen molar-refractivity contribution in [2.45, 2.75) is 38.3 Å². The normalized spacial score (nSPS) is 12.9. The Labute approximate surface area is 156 Å². The Morgan fingerprint density at radius 2 is 1.77 bits per heavy atom. The number of carbonyl (C=O) groups excluding carboxylic acids is 2. The SMILES string of the molecule is CC[S@@](=O)c1ccccc1C(=O)O[C@H](C)C(=O)NCc1ccc(C)cc1. The molecule has 0 unspecified atom stereocenters. The molecule has 0 bridgehead atoms. The quantitative estimate of drug-likeness (QED) is 0.758. The molecule has 2 aromatic rings. The van der Waals surface area contributed by atoms with Crippen LogP contribution in [0.5, 0.6) is 0 Å². The van der Waals surface area contributed by atoms with E-state index >= 15 is 0 Å². The average molecular weight is 373 g/mol. The maximum atomic E-state index is 12.4. The fourth-order valence-corrected chi connectivity index (χ4v) is 3.24. The minimum absolute atomic E-state index is 0.228. The van der Waals surface area contributed by atoms with Crippen molar-refractivity contribution in [3.63, 3.8) is 0 Å². The molecule has 2 aromatic carbocycles. The number of hydrogen-bond acceptors (Lipinski definition) is 4. The molecule has 0 radical (unpaired) electrons. The molecule has 1 N–H and O–H groups in total. The summed E-state index contributed by atoms with van der Waals surface area (Å²) in [5.41, 5.74) is 2.34. The highest BCUT2D eigenvalue weighted by atomic mass is 32.2. The van der Waals surface area contributed by atoms with Gasteiger partial charge in [0, 0.05) is 12.3 Å². The van der Waals surface area contributed by atoms with E-state index in [1.54, 1.807) is 31.2 Å². The molecule has 26 heavy (non-hydrogen) atoms. The number of ether oxygens (including phenoxy) is 1. The van der Waals surface area contributed by atoms with E-state index in [1.165, 1.54) is 6.92 Å². The van der Waals surface area contributed by atoms with Gasteiger partial charge in [0.15, 0.2) is 6.10 Å². The average Bonchev–Trinajstić information content (AvgIpc) is 2.66. The third kappa shape index (κ3) is 5.26. The molecular formula is C20H23NO4S. The van der Waals surface area contributed by atoms with Gasteiger partial charge in [0.2, 0.25) is 0 Å². The van der Waals surface area contributed by atoms with E-state index in [0.717, 1.165) is 11.1 Å². The zero-order chi connectivity index (χ0) is 19.1. The first kappa shape index (κ1) is 19.8. The molecule has 0 aliphatic carbocycles. The first-order valence-corrected chi connectivity index (χ1v) is 9.76. The van der Waals surface area contributed by atoms with Crippen LogP contribution < -0.4 is 5.32 Å². The predicted molar refractivity (Wildman–Crippen MR) is 101 cm³/mol. The van der Waals surface area contributed by atoms with Crippen molar-refractivity contribution < 1.29 is 18.5 Å². The summed E-state index contributed by atoms with van der Waals surface area (Å²) in [6.07, 6.45) is -0.948. The Bertz CT molecular complexity index is 802. The molecule has 6 heteroatoms. The maximum absolute atomic E-state index is 12.4. The third-order valence-electron chi connectivity index (χ3n) is 3.85. The molecule has 0 aliphatic heterocycles. The largest absolute Gasteiger partial charge is 0.449 e. The van der Waals surface area contributed by atoms with Crippen molar-refractivity contribution in [3.8, 4) is 0 Å². The summed E-state index contributed by atoms with van der Waals surface area (Å²) < 4.78 is 17.3. The van der Waals surface area contributed by atoms with Crippen molar-refractivity contribution >= 4 is 22.7 Å².